The normalized spacial score (nSPS) is 20.1. The molecule has 1 saturated carbocycles. The molecule has 1 fully saturated rings. The maximum Gasteiger partial charge on any atom is 0.335 e. The lowest BCUT2D eigenvalue weighted by Gasteiger charge is -2.28. The summed E-state index contributed by atoms with van der Waals surface area (Å²) < 4.78 is 26.0. The van der Waals surface area contributed by atoms with Gasteiger partial charge in [0.25, 0.3) is 0 Å². The number of carboxylic acid groups (broad SMARTS) is 1. The number of benzene rings is 1. The molecule has 2 nitrogen and oxygen atoms in total. The molecule has 1 N–H and O–H groups in total. The topological polar surface area (TPSA) is 37.3 Å². The SMILES string of the molecule is O=C(O)c1cccc(C2CCC(F)(F)CC2)c1. The van der Waals surface area contributed by atoms with Crippen LogP contribution in [0.1, 0.15) is 47.5 Å². The van der Waals surface area contributed by atoms with Crippen LogP contribution in [0, 0.1) is 0 Å². The Kier molecular flexibility index (Phi) is 3.13. The van der Waals surface area contributed by atoms with Gasteiger partial charge in [0.05, 0.1) is 5.56 Å². The fourth-order valence-corrected chi connectivity index (χ4v) is 2.30. The summed E-state index contributed by atoms with van der Waals surface area (Å²) in [7, 11) is 0. The van der Waals surface area contributed by atoms with Crippen molar-refractivity contribution in [1.82, 2.24) is 0 Å². The van der Waals surface area contributed by atoms with E-state index in [1.807, 2.05) is 6.07 Å². The molecule has 0 heterocycles. The average molecular weight is 240 g/mol. The van der Waals surface area contributed by atoms with Crippen molar-refractivity contribution in [3.8, 4) is 0 Å². The second-order valence-corrected chi connectivity index (χ2v) is 4.56. The first-order valence-electron chi connectivity index (χ1n) is 5.69. The van der Waals surface area contributed by atoms with Gasteiger partial charge in [-0.3, -0.25) is 0 Å². The zero-order valence-corrected chi connectivity index (χ0v) is 9.33. The molecule has 92 valence electrons. The minimum absolute atomic E-state index is 0.0638. The molecule has 0 saturated heterocycles. The second kappa shape index (κ2) is 4.43. The highest BCUT2D eigenvalue weighted by molar-refractivity contribution is 5.87. The molecule has 1 aromatic carbocycles. The molecule has 0 amide bonds. The van der Waals surface area contributed by atoms with Gasteiger partial charge in [0.1, 0.15) is 0 Å². The van der Waals surface area contributed by atoms with E-state index in [9.17, 15) is 13.6 Å². The van der Waals surface area contributed by atoms with Crippen LogP contribution in [-0.2, 0) is 0 Å². The minimum atomic E-state index is -2.54. The molecule has 1 aliphatic rings. The fraction of sp³-hybridized carbons (Fsp3) is 0.462. The molecule has 0 aromatic heterocycles. The number of carboxylic acids is 1. The van der Waals surface area contributed by atoms with Crippen LogP contribution >= 0.6 is 0 Å². The van der Waals surface area contributed by atoms with E-state index in [1.165, 1.54) is 6.07 Å². The van der Waals surface area contributed by atoms with Crippen LogP contribution in [0.25, 0.3) is 0 Å². The molecule has 1 aromatic rings. The molecule has 0 bridgehead atoms. The standard InChI is InChI=1S/C13H14F2O2/c14-13(15)6-4-9(5-7-13)10-2-1-3-11(8-10)12(16)17/h1-3,8-9H,4-7H2,(H,16,17). The van der Waals surface area contributed by atoms with Gasteiger partial charge < -0.3 is 5.11 Å². The van der Waals surface area contributed by atoms with Gasteiger partial charge in [-0.2, -0.15) is 0 Å². The molecular formula is C13H14F2O2. The average Bonchev–Trinajstić information content (AvgIpc) is 2.29. The maximum atomic E-state index is 13.0. The summed E-state index contributed by atoms with van der Waals surface area (Å²) in [6.45, 7) is 0. The smallest absolute Gasteiger partial charge is 0.335 e. The van der Waals surface area contributed by atoms with E-state index in [0.29, 0.717) is 12.8 Å². The number of carbonyl (C=O) groups is 1. The molecule has 17 heavy (non-hydrogen) atoms. The minimum Gasteiger partial charge on any atom is -0.478 e. The third-order valence-electron chi connectivity index (χ3n) is 3.32. The Labute approximate surface area is 98.3 Å². The predicted molar refractivity (Wildman–Crippen MR) is 59.6 cm³/mol. The zero-order valence-electron chi connectivity index (χ0n) is 9.33. The van der Waals surface area contributed by atoms with Gasteiger partial charge in [0.15, 0.2) is 0 Å². The molecule has 0 aliphatic heterocycles. The Morgan fingerprint density at radius 2 is 1.94 bits per heavy atom. The highest BCUT2D eigenvalue weighted by Gasteiger charge is 2.35. The van der Waals surface area contributed by atoms with E-state index in [0.717, 1.165) is 5.56 Å². The van der Waals surface area contributed by atoms with Crippen LogP contribution in [0.2, 0.25) is 0 Å². The summed E-state index contributed by atoms with van der Waals surface area (Å²) in [5.41, 5.74) is 1.08. The molecule has 0 unspecified atom stereocenters. The Morgan fingerprint density at radius 3 is 2.53 bits per heavy atom. The van der Waals surface area contributed by atoms with Crippen molar-refractivity contribution in [2.45, 2.75) is 37.5 Å². The van der Waals surface area contributed by atoms with Crippen molar-refractivity contribution in [3.63, 3.8) is 0 Å². The fourth-order valence-electron chi connectivity index (χ4n) is 2.30. The van der Waals surface area contributed by atoms with Crippen molar-refractivity contribution < 1.29 is 18.7 Å². The van der Waals surface area contributed by atoms with Gasteiger partial charge in [0.2, 0.25) is 5.92 Å². The number of rotatable bonds is 2. The molecule has 2 rings (SSSR count). The van der Waals surface area contributed by atoms with Crippen molar-refractivity contribution >= 4 is 5.97 Å². The van der Waals surface area contributed by atoms with E-state index >= 15 is 0 Å². The second-order valence-electron chi connectivity index (χ2n) is 4.56. The summed E-state index contributed by atoms with van der Waals surface area (Å²) in [5.74, 6) is -3.46. The number of hydrogen-bond donors (Lipinski definition) is 1. The quantitative estimate of drug-likeness (QED) is 0.856. The number of hydrogen-bond acceptors (Lipinski definition) is 1. The van der Waals surface area contributed by atoms with Crippen molar-refractivity contribution in [1.29, 1.82) is 0 Å². The molecular weight excluding hydrogens is 226 g/mol. The number of alkyl halides is 2. The van der Waals surface area contributed by atoms with Gasteiger partial charge in [-0.05, 0) is 36.5 Å². The first kappa shape index (κ1) is 12.0. The zero-order chi connectivity index (χ0) is 12.5. The third-order valence-corrected chi connectivity index (χ3v) is 3.32. The third kappa shape index (κ3) is 2.81. The lowest BCUT2D eigenvalue weighted by Crippen LogP contribution is -2.23. The van der Waals surface area contributed by atoms with E-state index in [1.54, 1.807) is 12.1 Å². The highest BCUT2D eigenvalue weighted by Crippen LogP contribution is 2.40. The summed E-state index contributed by atoms with van der Waals surface area (Å²) in [6.07, 6.45) is 0.649. The van der Waals surface area contributed by atoms with Crippen LogP contribution in [0.3, 0.4) is 0 Å². The number of halogens is 2. The Balaban J connectivity index is 2.13. The summed E-state index contributed by atoms with van der Waals surface area (Å²) >= 11 is 0. The van der Waals surface area contributed by atoms with E-state index in [4.69, 9.17) is 5.11 Å². The first-order valence-corrected chi connectivity index (χ1v) is 5.69. The Morgan fingerprint density at radius 1 is 1.29 bits per heavy atom. The molecule has 0 atom stereocenters. The van der Waals surface area contributed by atoms with Crippen LogP contribution in [0.5, 0.6) is 0 Å². The molecule has 0 spiro atoms. The van der Waals surface area contributed by atoms with Crippen molar-refractivity contribution in [2.75, 3.05) is 0 Å². The summed E-state index contributed by atoms with van der Waals surface area (Å²) in [4.78, 5) is 10.8. The molecule has 0 radical (unpaired) electrons. The predicted octanol–water partition coefficient (Wildman–Crippen LogP) is 3.68. The van der Waals surface area contributed by atoms with Gasteiger partial charge in [-0.25, -0.2) is 13.6 Å². The number of aromatic carboxylic acids is 1. The van der Waals surface area contributed by atoms with Gasteiger partial charge in [-0.1, -0.05) is 12.1 Å². The highest BCUT2D eigenvalue weighted by atomic mass is 19.3. The lowest BCUT2D eigenvalue weighted by molar-refractivity contribution is -0.0382. The largest absolute Gasteiger partial charge is 0.478 e. The maximum absolute atomic E-state index is 13.0. The van der Waals surface area contributed by atoms with Crippen LogP contribution in [0.4, 0.5) is 8.78 Å². The monoisotopic (exact) mass is 240 g/mol. The Hall–Kier alpha value is -1.45. The van der Waals surface area contributed by atoms with Crippen LogP contribution in [0.15, 0.2) is 24.3 Å². The summed E-state index contributed by atoms with van der Waals surface area (Å²) in [5, 5.41) is 8.87. The summed E-state index contributed by atoms with van der Waals surface area (Å²) in [6, 6.07) is 6.60. The van der Waals surface area contributed by atoms with Gasteiger partial charge >= 0.3 is 5.97 Å². The van der Waals surface area contributed by atoms with Crippen LogP contribution < -0.4 is 0 Å². The molecule has 1 aliphatic carbocycles. The van der Waals surface area contributed by atoms with Crippen LogP contribution in [-0.4, -0.2) is 17.0 Å². The molecule has 4 heteroatoms. The van der Waals surface area contributed by atoms with Crippen molar-refractivity contribution in [3.05, 3.63) is 35.4 Å². The first-order chi connectivity index (χ1) is 7.98. The van der Waals surface area contributed by atoms with Gasteiger partial charge in [0, 0.05) is 12.8 Å². The van der Waals surface area contributed by atoms with Crippen molar-refractivity contribution in [2.24, 2.45) is 0 Å². The lowest BCUT2D eigenvalue weighted by atomic mass is 9.82. The van der Waals surface area contributed by atoms with E-state index in [-0.39, 0.29) is 24.3 Å². The Bertz CT molecular complexity index is 419. The van der Waals surface area contributed by atoms with E-state index in [2.05, 4.69) is 0 Å². The van der Waals surface area contributed by atoms with E-state index < -0.39 is 11.9 Å². The van der Waals surface area contributed by atoms with Gasteiger partial charge in [-0.15, -0.1) is 0 Å².